The minimum atomic E-state index is 0.484. The molecule has 0 saturated carbocycles. The number of hydrogen-bond donors (Lipinski definition) is 0. The number of anilines is 1. The minimum absolute atomic E-state index is 0.484. The highest BCUT2D eigenvalue weighted by molar-refractivity contribution is 7.98. The number of nitrogens with zero attached hydrogens (tertiary/aromatic N) is 5. The van der Waals surface area contributed by atoms with Gasteiger partial charge >= 0.3 is 0 Å². The molecule has 0 bridgehead atoms. The Bertz CT molecular complexity index is 768. The molecule has 3 heterocycles. The second-order valence-electron chi connectivity index (χ2n) is 6.07. The molecular formula is C18H21N5OS. The van der Waals surface area contributed by atoms with Gasteiger partial charge in [0.05, 0.1) is 12.2 Å². The maximum Gasteiger partial charge on any atom is 0.220 e. The fourth-order valence-electron chi connectivity index (χ4n) is 2.90. The van der Waals surface area contributed by atoms with Crippen LogP contribution in [0.2, 0.25) is 0 Å². The van der Waals surface area contributed by atoms with E-state index in [9.17, 15) is 5.26 Å². The van der Waals surface area contributed by atoms with Crippen LogP contribution in [-0.4, -0.2) is 40.9 Å². The van der Waals surface area contributed by atoms with Crippen molar-refractivity contribution in [1.82, 2.24) is 15.0 Å². The molecular weight excluding hydrogens is 334 g/mol. The molecule has 1 saturated heterocycles. The fraction of sp³-hybridized carbons (Fsp3) is 0.444. The first-order chi connectivity index (χ1) is 12.2. The summed E-state index contributed by atoms with van der Waals surface area (Å²) >= 11 is 1.51. The summed E-state index contributed by atoms with van der Waals surface area (Å²) in [6, 6.07) is 5.84. The molecule has 0 atom stereocenters. The van der Waals surface area contributed by atoms with E-state index in [4.69, 9.17) is 4.74 Å². The van der Waals surface area contributed by atoms with Gasteiger partial charge in [-0.2, -0.15) is 10.2 Å². The monoisotopic (exact) mass is 355 g/mol. The van der Waals surface area contributed by atoms with Crippen molar-refractivity contribution in [2.45, 2.75) is 24.9 Å². The fourth-order valence-corrected chi connectivity index (χ4v) is 3.23. The van der Waals surface area contributed by atoms with E-state index in [0.717, 1.165) is 42.5 Å². The summed E-state index contributed by atoms with van der Waals surface area (Å²) in [6.07, 6.45) is 7.53. The van der Waals surface area contributed by atoms with Gasteiger partial charge in [0.15, 0.2) is 5.16 Å². The van der Waals surface area contributed by atoms with Crippen LogP contribution in [0, 0.1) is 24.2 Å². The number of ether oxygens (including phenoxy) is 1. The van der Waals surface area contributed by atoms with Crippen LogP contribution in [-0.2, 0) is 0 Å². The van der Waals surface area contributed by atoms with Crippen LogP contribution in [0.25, 0.3) is 0 Å². The molecule has 0 N–H and O–H groups in total. The molecule has 7 heteroatoms. The van der Waals surface area contributed by atoms with Gasteiger partial charge in [-0.1, -0.05) is 11.8 Å². The third-order valence-corrected chi connectivity index (χ3v) is 4.92. The third kappa shape index (κ3) is 4.20. The van der Waals surface area contributed by atoms with E-state index in [1.54, 1.807) is 18.5 Å². The topological polar surface area (TPSA) is 74.9 Å². The van der Waals surface area contributed by atoms with Crippen LogP contribution in [0.1, 0.15) is 24.0 Å². The van der Waals surface area contributed by atoms with Gasteiger partial charge in [-0.25, -0.2) is 9.97 Å². The van der Waals surface area contributed by atoms with E-state index in [-0.39, 0.29) is 0 Å². The number of nitriles is 1. The SMILES string of the molecule is CSc1ncc(C)c(OCC2CCN(c3ncccc3C#N)CC2)n1. The molecule has 130 valence electrons. The maximum atomic E-state index is 9.23. The molecule has 2 aromatic rings. The van der Waals surface area contributed by atoms with Gasteiger partial charge in [0.2, 0.25) is 5.88 Å². The van der Waals surface area contributed by atoms with Crippen molar-refractivity contribution >= 4 is 17.6 Å². The average Bonchev–Trinajstić information content (AvgIpc) is 2.67. The highest BCUT2D eigenvalue weighted by Gasteiger charge is 2.22. The zero-order valence-corrected chi connectivity index (χ0v) is 15.3. The largest absolute Gasteiger partial charge is 0.477 e. The number of piperidine rings is 1. The molecule has 3 rings (SSSR count). The van der Waals surface area contributed by atoms with Crippen LogP contribution in [0.3, 0.4) is 0 Å². The van der Waals surface area contributed by atoms with Gasteiger partial charge in [0, 0.05) is 31.0 Å². The molecule has 1 aliphatic rings. The summed E-state index contributed by atoms with van der Waals surface area (Å²) in [7, 11) is 0. The first-order valence-corrected chi connectivity index (χ1v) is 9.54. The molecule has 0 aliphatic carbocycles. The predicted molar refractivity (Wildman–Crippen MR) is 97.9 cm³/mol. The van der Waals surface area contributed by atoms with Gasteiger partial charge < -0.3 is 9.64 Å². The Balaban J connectivity index is 1.56. The van der Waals surface area contributed by atoms with Crippen molar-refractivity contribution in [2.75, 3.05) is 30.9 Å². The van der Waals surface area contributed by atoms with Crippen molar-refractivity contribution in [3.63, 3.8) is 0 Å². The average molecular weight is 355 g/mol. The lowest BCUT2D eigenvalue weighted by molar-refractivity contribution is 0.213. The summed E-state index contributed by atoms with van der Waals surface area (Å²) in [6.45, 7) is 4.40. The van der Waals surface area contributed by atoms with Crippen molar-refractivity contribution in [3.05, 3.63) is 35.7 Å². The molecule has 0 spiro atoms. The second kappa shape index (κ2) is 8.17. The number of rotatable bonds is 5. The van der Waals surface area contributed by atoms with Crippen molar-refractivity contribution < 1.29 is 4.74 Å². The van der Waals surface area contributed by atoms with E-state index < -0.39 is 0 Å². The third-order valence-electron chi connectivity index (χ3n) is 4.36. The standard InChI is InChI=1S/C18H21N5OS/c1-13-11-21-18(25-2)22-17(13)24-12-14-5-8-23(9-6-14)16-15(10-19)4-3-7-20-16/h3-4,7,11,14H,5-6,8-9,12H2,1-2H3. The van der Waals surface area contributed by atoms with Crippen LogP contribution in [0.4, 0.5) is 5.82 Å². The first-order valence-electron chi connectivity index (χ1n) is 8.31. The summed E-state index contributed by atoms with van der Waals surface area (Å²) in [4.78, 5) is 15.2. The normalized spacial score (nSPS) is 15.0. The van der Waals surface area contributed by atoms with Gasteiger partial charge in [-0.05, 0) is 44.1 Å². The van der Waals surface area contributed by atoms with Crippen LogP contribution < -0.4 is 9.64 Å². The van der Waals surface area contributed by atoms with E-state index >= 15 is 0 Å². The maximum absolute atomic E-state index is 9.23. The molecule has 1 fully saturated rings. The van der Waals surface area contributed by atoms with Gasteiger partial charge in [0.25, 0.3) is 0 Å². The van der Waals surface area contributed by atoms with Gasteiger partial charge in [0.1, 0.15) is 11.9 Å². The lowest BCUT2D eigenvalue weighted by Crippen LogP contribution is -2.36. The van der Waals surface area contributed by atoms with Crippen molar-refractivity contribution in [1.29, 1.82) is 5.26 Å². The number of hydrogen-bond acceptors (Lipinski definition) is 7. The first kappa shape index (κ1) is 17.5. The zero-order valence-electron chi connectivity index (χ0n) is 14.5. The molecule has 25 heavy (non-hydrogen) atoms. The van der Waals surface area contributed by atoms with Gasteiger partial charge in [-0.15, -0.1) is 0 Å². The Labute approximate surface area is 152 Å². The van der Waals surface area contributed by atoms with Crippen molar-refractivity contribution in [2.24, 2.45) is 5.92 Å². The molecule has 0 aromatic carbocycles. The molecule has 6 nitrogen and oxygen atoms in total. The molecule has 0 radical (unpaired) electrons. The van der Waals surface area contributed by atoms with E-state index in [0.29, 0.717) is 24.0 Å². The minimum Gasteiger partial charge on any atom is -0.477 e. The predicted octanol–water partition coefficient (Wildman–Crippen LogP) is 3.07. The quantitative estimate of drug-likeness (QED) is 0.602. The smallest absolute Gasteiger partial charge is 0.220 e. The molecule has 0 unspecified atom stereocenters. The second-order valence-corrected chi connectivity index (χ2v) is 6.85. The summed E-state index contributed by atoms with van der Waals surface area (Å²) in [5.74, 6) is 1.96. The summed E-state index contributed by atoms with van der Waals surface area (Å²) < 4.78 is 5.95. The molecule has 1 aliphatic heterocycles. The molecule has 2 aromatic heterocycles. The lowest BCUT2D eigenvalue weighted by atomic mass is 9.97. The molecule has 0 amide bonds. The Morgan fingerprint density at radius 2 is 2.16 bits per heavy atom. The van der Waals surface area contributed by atoms with Crippen molar-refractivity contribution in [3.8, 4) is 11.9 Å². The van der Waals surface area contributed by atoms with E-state index in [1.165, 1.54) is 11.8 Å². The van der Waals surface area contributed by atoms with Crippen LogP contribution >= 0.6 is 11.8 Å². The zero-order chi connectivity index (χ0) is 17.6. The Kier molecular flexibility index (Phi) is 5.71. The Hall–Kier alpha value is -2.33. The number of aryl methyl sites for hydroxylation is 1. The van der Waals surface area contributed by atoms with E-state index in [2.05, 4.69) is 25.9 Å². The number of pyridine rings is 1. The van der Waals surface area contributed by atoms with Crippen LogP contribution in [0.15, 0.2) is 29.7 Å². The Morgan fingerprint density at radius 1 is 1.36 bits per heavy atom. The summed E-state index contributed by atoms with van der Waals surface area (Å²) in [5, 5.41) is 9.96. The Morgan fingerprint density at radius 3 is 2.88 bits per heavy atom. The number of thioether (sulfide) groups is 1. The lowest BCUT2D eigenvalue weighted by Gasteiger charge is -2.33. The highest BCUT2D eigenvalue weighted by atomic mass is 32.2. The highest BCUT2D eigenvalue weighted by Crippen LogP contribution is 2.25. The summed E-state index contributed by atoms with van der Waals surface area (Å²) in [5.41, 5.74) is 1.60. The number of aromatic nitrogens is 3. The van der Waals surface area contributed by atoms with E-state index in [1.807, 2.05) is 19.2 Å². The van der Waals surface area contributed by atoms with Gasteiger partial charge in [-0.3, -0.25) is 0 Å². The van der Waals surface area contributed by atoms with Crippen LogP contribution in [0.5, 0.6) is 5.88 Å².